The van der Waals surface area contributed by atoms with Crippen LogP contribution in [-0.2, 0) is 11.3 Å². The van der Waals surface area contributed by atoms with Crippen LogP contribution in [-0.4, -0.2) is 34.8 Å². The second-order valence-electron chi connectivity index (χ2n) is 5.43. The van der Waals surface area contributed by atoms with Gasteiger partial charge in [-0.15, -0.1) is 0 Å². The molecule has 0 saturated carbocycles. The van der Waals surface area contributed by atoms with Gasteiger partial charge in [-0.25, -0.2) is 9.78 Å². The van der Waals surface area contributed by atoms with E-state index in [0.29, 0.717) is 11.7 Å². The summed E-state index contributed by atoms with van der Waals surface area (Å²) in [6.45, 7) is 0.360. The number of thioether (sulfide) groups is 1. The summed E-state index contributed by atoms with van der Waals surface area (Å²) in [5.41, 5.74) is 2.57. The van der Waals surface area contributed by atoms with Gasteiger partial charge in [0.1, 0.15) is 5.75 Å². The van der Waals surface area contributed by atoms with Gasteiger partial charge in [0.25, 0.3) is 0 Å². The first-order valence-corrected chi connectivity index (χ1v) is 8.91. The van der Waals surface area contributed by atoms with E-state index in [2.05, 4.69) is 20.6 Å². The molecule has 3 amide bonds. The number of methoxy groups -OCH3 is 1. The molecule has 0 aliphatic heterocycles. The number of hydrogen-bond acceptors (Lipinski definition) is 5. The van der Waals surface area contributed by atoms with Crippen LogP contribution in [0.1, 0.15) is 5.56 Å². The lowest BCUT2D eigenvalue weighted by Crippen LogP contribution is -2.39. The van der Waals surface area contributed by atoms with Gasteiger partial charge in [0, 0.05) is 12.6 Å². The van der Waals surface area contributed by atoms with E-state index in [9.17, 15) is 9.59 Å². The van der Waals surface area contributed by atoms with E-state index in [1.54, 1.807) is 7.11 Å². The van der Waals surface area contributed by atoms with Gasteiger partial charge in [0.05, 0.1) is 23.9 Å². The molecule has 0 bridgehead atoms. The van der Waals surface area contributed by atoms with Crippen molar-refractivity contribution < 1.29 is 14.3 Å². The first kappa shape index (κ1) is 17.8. The molecular formula is C18H18N4O3S. The van der Waals surface area contributed by atoms with Crippen LogP contribution in [0, 0.1) is 0 Å². The number of aromatic nitrogens is 2. The molecule has 0 spiro atoms. The highest BCUT2D eigenvalue weighted by Crippen LogP contribution is 2.22. The van der Waals surface area contributed by atoms with Crippen molar-refractivity contribution in [1.29, 1.82) is 0 Å². The lowest BCUT2D eigenvalue weighted by Gasteiger charge is -2.06. The molecule has 0 aliphatic rings. The lowest BCUT2D eigenvalue weighted by molar-refractivity contribution is -0.117. The third-order valence-corrected chi connectivity index (χ3v) is 4.43. The fraction of sp³-hybridized carbons (Fsp3) is 0.167. The van der Waals surface area contributed by atoms with Gasteiger partial charge in [-0.1, -0.05) is 42.1 Å². The quantitative estimate of drug-likeness (QED) is 0.580. The first-order valence-electron chi connectivity index (χ1n) is 7.92. The number of rotatable bonds is 6. The Morgan fingerprint density at radius 3 is 2.77 bits per heavy atom. The number of nitrogens with zero attached hydrogens (tertiary/aromatic N) is 1. The molecule has 3 rings (SSSR count). The van der Waals surface area contributed by atoms with E-state index >= 15 is 0 Å². The minimum absolute atomic E-state index is 0.0791. The Labute approximate surface area is 154 Å². The third-order valence-electron chi connectivity index (χ3n) is 3.56. The van der Waals surface area contributed by atoms with Crippen molar-refractivity contribution in [1.82, 2.24) is 20.6 Å². The first-order chi connectivity index (χ1) is 12.6. The fourth-order valence-corrected chi connectivity index (χ4v) is 2.96. The van der Waals surface area contributed by atoms with Gasteiger partial charge < -0.3 is 15.0 Å². The van der Waals surface area contributed by atoms with Crippen molar-refractivity contribution in [2.24, 2.45) is 0 Å². The molecule has 0 fully saturated rings. The number of carbonyl (C=O) groups excluding carboxylic acids is 2. The number of amides is 3. The number of aromatic amines is 1. The monoisotopic (exact) mass is 370 g/mol. The highest BCUT2D eigenvalue weighted by Gasteiger charge is 2.10. The normalized spacial score (nSPS) is 10.5. The minimum atomic E-state index is -0.520. The minimum Gasteiger partial charge on any atom is -0.497 e. The topological polar surface area (TPSA) is 96.1 Å². The molecule has 3 aromatic rings. The molecule has 26 heavy (non-hydrogen) atoms. The molecule has 134 valence electrons. The molecule has 0 radical (unpaired) electrons. The third kappa shape index (κ3) is 4.76. The van der Waals surface area contributed by atoms with Crippen LogP contribution in [0.2, 0.25) is 0 Å². The van der Waals surface area contributed by atoms with E-state index in [1.807, 2.05) is 48.5 Å². The van der Waals surface area contributed by atoms with Gasteiger partial charge in [-0.3, -0.25) is 10.1 Å². The van der Waals surface area contributed by atoms with Crippen molar-refractivity contribution in [2.45, 2.75) is 11.7 Å². The van der Waals surface area contributed by atoms with Crippen molar-refractivity contribution in [3.05, 3.63) is 54.1 Å². The summed E-state index contributed by atoms with van der Waals surface area (Å²) in [5, 5.41) is 5.55. The number of carbonyl (C=O) groups is 2. The molecule has 1 heterocycles. The second-order valence-corrected chi connectivity index (χ2v) is 6.39. The van der Waals surface area contributed by atoms with Crippen molar-refractivity contribution in [3.8, 4) is 5.75 Å². The predicted molar refractivity (Wildman–Crippen MR) is 100 cm³/mol. The number of imide groups is 1. The number of urea groups is 1. The summed E-state index contributed by atoms with van der Waals surface area (Å²) in [4.78, 5) is 31.2. The van der Waals surface area contributed by atoms with Crippen LogP contribution in [0.15, 0.2) is 53.7 Å². The van der Waals surface area contributed by atoms with E-state index in [4.69, 9.17) is 4.74 Å². The van der Waals surface area contributed by atoms with Crippen molar-refractivity contribution in [2.75, 3.05) is 12.9 Å². The van der Waals surface area contributed by atoms with Crippen LogP contribution in [0.5, 0.6) is 5.75 Å². The molecule has 3 N–H and O–H groups in total. The molecule has 0 atom stereocenters. The number of H-pyrrole nitrogens is 1. The number of hydrogen-bond donors (Lipinski definition) is 3. The number of fused-ring (bicyclic) bond motifs is 1. The number of nitrogens with one attached hydrogen (secondary N) is 3. The van der Waals surface area contributed by atoms with E-state index in [1.165, 1.54) is 11.8 Å². The van der Waals surface area contributed by atoms with E-state index in [0.717, 1.165) is 22.3 Å². The Balaban J connectivity index is 1.47. The van der Waals surface area contributed by atoms with Gasteiger partial charge in [-0.2, -0.15) is 0 Å². The molecule has 1 aromatic heterocycles. The Bertz CT molecular complexity index is 911. The molecule has 0 aliphatic carbocycles. The van der Waals surface area contributed by atoms with Crippen LogP contribution < -0.4 is 15.4 Å². The maximum Gasteiger partial charge on any atom is 0.321 e. The summed E-state index contributed by atoms with van der Waals surface area (Å²) in [6, 6.07) is 14.5. The fourth-order valence-electron chi connectivity index (χ4n) is 2.28. The molecular weight excluding hydrogens is 352 g/mol. The van der Waals surface area contributed by atoms with Crippen molar-refractivity contribution >= 4 is 34.7 Å². The summed E-state index contributed by atoms with van der Waals surface area (Å²) in [7, 11) is 1.60. The van der Waals surface area contributed by atoms with Crippen LogP contribution in [0.3, 0.4) is 0 Å². The molecule has 2 aromatic carbocycles. The molecule has 0 unspecified atom stereocenters. The summed E-state index contributed by atoms with van der Waals surface area (Å²) in [5.74, 6) is 0.416. The van der Waals surface area contributed by atoms with E-state index in [-0.39, 0.29) is 5.75 Å². The number of imidazole rings is 1. The summed E-state index contributed by atoms with van der Waals surface area (Å²) < 4.78 is 5.17. The zero-order valence-corrected chi connectivity index (χ0v) is 14.9. The highest BCUT2D eigenvalue weighted by atomic mass is 32.2. The zero-order valence-electron chi connectivity index (χ0n) is 14.1. The largest absolute Gasteiger partial charge is 0.497 e. The standard InChI is InChI=1S/C18H18N4O3S/c1-25-13-7-8-14-15(9-13)21-18(20-14)26-11-16(23)22-17(24)19-10-12-5-3-2-4-6-12/h2-9H,10-11H2,1H3,(H,20,21)(H2,19,22,23,24). The van der Waals surface area contributed by atoms with Crippen LogP contribution >= 0.6 is 11.8 Å². The van der Waals surface area contributed by atoms with Gasteiger partial charge in [-0.05, 0) is 17.7 Å². The lowest BCUT2D eigenvalue weighted by atomic mass is 10.2. The summed E-state index contributed by atoms with van der Waals surface area (Å²) >= 11 is 1.22. The Hall–Kier alpha value is -3.00. The van der Waals surface area contributed by atoms with Gasteiger partial charge >= 0.3 is 6.03 Å². The number of ether oxygens (including phenoxy) is 1. The Kier molecular flexibility index (Phi) is 5.75. The smallest absolute Gasteiger partial charge is 0.321 e. The number of benzene rings is 2. The van der Waals surface area contributed by atoms with E-state index < -0.39 is 11.9 Å². The Morgan fingerprint density at radius 2 is 2.00 bits per heavy atom. The van der Waals surface area contributed by atoms with Crippen LogP contribution in [0.25, 0.3) is 11.0 Å². The van der Waals surface area contributed by atoms with Gasteiger partial charge in [0.15, 0.2) is 5.16 Å². The average molecular weight is 370 g/mol. The van der Waals surface area contributed by atoms with Crippen LogP contribution in [0.4, 0.5) is 4.79 Å². The SMILES string of the molecule is COc1ccc2nc(SCC(=O)NC(=O)NCc3ccccc3)[nH]c2c1. The maximum absolute atomic E-state index is 11.9. The highest BCUT2D eigenvalue weighted by molar-refractivity contribution is 7.99. The second kappa shape index (κ2) is 8.39. The maximum atomic E-state index is 11.9. The predicted octanol–water partition coefficient (Wildman–Crippen LogP) is 2.69. The zero-order chi connectivity index (χ0) is 18.4. The average Bonchev–Trinajstić information content (AvgIpc) is 3.07. The Morgan fingerprint density at radius 1 is 1.19 bits per heavy atom. The molecule has 7 nitrogen and oxygen atoms in total. The summed E-state index contributed by atoms with van der Waals surface area (Å²) in [6.07, 6.45) is 0. The van der Waals surface area contributed by atoms with Gasteiger partial charge in [0.2, 0.25) is 5.91 Å². The molecule has 0 saturated heterocycles. The van der Waals surface area contributed by atoms with Crippen molar-refractivity contribution in [3.63, 3.8) is 0 Å². The molecule has 8 heteroatoms.